The molecule has 0 saturated carbocycles. The van der Waals surface area contributed by atoms with Crippen LogP contribution in [0.15, 0.2) is 34.7 Å². The molecule has 0 saturated heterocycles. The van der Waals surface area contributed by atoms with Gasteiger partial charge in [0.25, 0.3) is 5.91 Å². The molecule has 21 heavy (non-hydrogen) atoms. The average Bonchev–Trinajstić information content (AvgIpc) is 2.87. The maximum absolute atomic E-state index is 12.0. The van der Waals surface area contributed by atoms with E-state index in [1.165, 1.54) is 6.92 Å². The second kappa shape index (κ2) is 6.21. The number of nitrogens with one attached hydrogen (secondary N) is 1. The molecule has 0 aliphatic heterocycles. The van der Waals surface area contributed by atoms with Crippen molar-refractivity contribution in [2.75, 3.05) is 6.54 Å². The maximum atomic E-state index is 12.0. The zero-order chi connectivity index (χ0) is 15.4. The SMILES string of the molecule is Cc1oc(-c2ccccc2)nc1C(=O)NCC(C)C(=O)O. The summed E-state index contributed by atoms with van der Waals surface area (Å²) in [4.78, 5) is 26.9. The smallest absolute Gasteiger partial charge is 0.308 e. The second-order valence-electron chi connectivity index (χ2n) is 4.74. The lowest BCUT2D eigenvalue weighted by atomic mass is 10.2. The van der Waals surface area contributed by atoms with E-state index < -0.39 is 17.8 Å². The van der Waals surface area contributed by atoms with Crippen LogP contribution in [0.25, 0.3) is 11.5 Å². The molecule has 1 atom stereocenters. The van der Waals surface area contributed by atoms with Crippen molar-refractivity contribution in [1.82, 2.24) is 10.3 Å². The van der Waals surface area contributed by atoms with Gasteiger partial charge in [0.15, 0.2) is 5.69 Å². The second-order valence-corrected chi connectivity index (χ2v) is 4.74. The average molecular weight is 288 g/mol. The first-order valence-corrected chi connectivity index (χ1v) is 6.53. The maximum Gasteiger partial charge on any atom is 0.308 e. The summed E-state index contributed by atoms with van der Waals surface area (Å²) < 4.78 is 5.49. The highest BCUT2D eigenvalue weighted by Crippen LogP contribution is 2.21. The van der Waals surface area contributed by atoms with Crippen molar-refractivity contribution in [1.29, 1.82) is 0 Å². The number of benzene rings is 1. The van der Waals surface area contributed by atoms with Crippen LogP contribution in [0.4, 0.5) is 0 Å². The summed E-state index contributed by atoms with van der Waals surface area (Å²) >= 11 is 0. The molecule has 1 aromatic carbocycles. The van der Waals surface area contributed by atoms with Crippen molar-refractivity contribution in [2.24, 2.45) is 5.92 Å². The summed E-state index contributed by atoms with van der Waals surface area (Å²) in [5, 5.41) is 11.3. The number of carboxylic acids is 1. The molecular weight excluding hydrogens is 272 g/mol. The zero-order valence-electron chi connectivity index (χ0n) is 11.8. The van der Waals surface area contributed by atoms with E-state index in [9.17, 15) is 9.59 Å². The molecule has 0 aliphatic carbocycles. The molecule has 1 aromatic heterocycles. The molecule has 1 unspecified atom stereocenters. The number of rotatable bonds is 5. The minimum Gasteiger partial charge on any atom is -0.481 e. The predicted molar refractivity (Wildman–Crippen MR) is 75.8 cm³/mol. The van der Waals surface area contributed by atoms with E-state index in [0.29, 0.717) is 11.7 Å². The first-order valence-electron chi connectivity index (χ1n) is 6.53. The summed E-state index contributed by atoms with van der Waals surface area (Å²) in [7, 11) is 0. The van der Waals surface area contributed by atoms with Gasteiger partial charge in [-0.05, 0) is 19.1 Å². The van der Waals surface area contributed by atoms with Crippen LogP contribution in [0.2, 0.25) is 0 Å². The molecule has 0 bridgehead atoms. The Morgan fingerprint density at radius 1 is 1.33 bits per heavy atom. The monoisotopic (exact) mass is 288 g/mol. The van der Waals surface area contributed by atoms with Crippen LogP contribution in [0.3, 0.4) is 0 Å². The van der Waals surface area contributed by atoms with Gasteiger partial charge in [0.1, 0.15) is 5.76 Å². The zero-order valence-corrected chi connectivity index (χ0v) is 11.8. The van der Waals surface area contributed by atoms with Gasteiger partial charge in [-0.15, -0.1) is 0 Å². The summed E-state index contributed by atoms with van der Waals surface area (Å²) in [6.45, 7) is 3.21. The molecule has 6 heteroatoms. The third-order valence-corrected chi connectivity index (χ3v) is 3.02. The van der Waals surface area contributed by atoms with Gasteiger partial charge in [-0.2, -0.15) is 0 Å². The van der Waals surface area contributed by atoms with E-state index in [1.807, 2.05) is 30.3 Å². The van der Waals surface area contributed by atoms with Crippen LogP contribution >= 0.6 is 0 Å². The van der Waals surface area contributed by atoms with Gasteiger partial charge in [0, 0.05) is 12.1 Å². The Bertz CT molecular complexity index is 649. The lowest BCUT2D eigenvalue weighted by molar-refractivity contribution is -0.140. The Labute approximate surface area is 121 Å². The largest absolute Gasteiger partial charge is 0.481 e. The Morgan fingerprint density at radius 3 is 2.62 bits per heavy atom. The van der Waals surface area contributed by atoms with Crippen molar-refractivity contribution in [3.05, 3.63) is 41.8 Å². The Morgan fingerprint density at radius 2 is 2.00 bits per heavy atom. The lowest BCUT2D eigenvalue weighted by Crippen LogP contribution is -2.32. The molecule has 1 heterocycles. The van der Waals surface area contributed by atoms with Gasteiger partial charge >= 0.3 is 5.97 Å². The number of oxazole rings is 1. The fourth-order valence-electron chi connectivity index (χ4n) is 1.73. The molecule has 0 radical (unpaired) electrons. The third kappa shape index (κ3) is 3.47. The summed E-state index contributed by atoms with van der Waals surface area (Å²) in [5.41, 5.74) is 0.949. The van der Waals surface area contributed by atoms with Crippen molar-refractivity contribution in [3.8, 4) is 11.5 Å². The number of aromatic nitrogens is 1. The van der Waals surface area contributed by atoms with Crippen LogP contribution in [0.5, 0.6) is 0 Å². The molecule has 6 nitrogen and oxygen atoms in total. The van der Waals surface area contributed by atoms with Crippen molar-refractivity contribution in [3.63, 3.8) is 0 Å². The topological polar surface area (TPSA) is 92.4 Å². The van der Waals surface area contributed by atoms with Crippen molar-refractivity contribution in [2.45, 2.75) is 13.8 Å². The van der Waals surface area contributed by atoms with Crippen LogP contribution in [-0.4, -0.2) is 28.5 Å². The number of aryl methyl sites for hydroxylation is 1. The predicted octanol–water partition coefficient (Wildman–Crippen LogP) is 2.10. The van der Waals surface area contributed by atoms with Crippen LogP contribution in [0, 0.1) is 12.8 Å². The first kappa shape index (κ1) is 14.8. The van der Waals surface area contributed by atoms with E-state index >= 15 is 0 Å². The van der Waals surface area contributed by atoms with E-state index in [-0.39, 0.29) is 12.2 Å². The Balaban J connectivity index is 2.12. The molecule has 110 valence electrons. The van der Waals surface area contributed by atoms with Crippen molar-refractivity contribution < 1.29 is 19.1 Å². The summed E-state index contributed by atoms with van der Waals surface area (Å²) in [6.07, 6.45) is 0. The number of amides is 1. The fourth-order valence-corrected chi connectivity index (χ4v) is 1.73. The van der Waals surface area contributed by atoms with Gasteiger partial charge in [-0.1, -0.05) is 25.1 Å². The van der Waals surface area contributed by atoms with E-state index in [1.54, 1.807) is 6.92 Å². The van der Waals surface area contributed by atoms with Crippen LogP contribution in [0.1, 0.15) is 23.2 Å². The highest BCUT2D eigenvalue weighted by molar-refractivity contribution is 5.93. The normalized spacial score (nSPS) is 11.9. The molecule has 1 amide bonds. The number of carbonyl (C=O) groups is 2. The van der Waals surface area contributed by atoms with Gasteiger partial charge in [0.05, 0.1) is 5.92 Å². The summed E-state index contributed by atoms with van der Waals surface area (Å²) in [6, 6.07) is 9.24. The molecule has 2 rings (SSSR count). The van der Waals surface area contributed by atoms with Gasteiger partial charge in [-0.25, -0.2) is 4.98 Å². The standard InChI is InChI=1S/C15H16N2O4/c1-9(15(19)20)8-16-13(18)12-10(2)21-14(17-12)11-6-4-3-5-7-11/h3-7,9H,8H2,1-2H3,(H,16,18)(H,19,20). The molecule has 0 spiro atoms. The third-order valence-electron chi connectivity index (χ3n) is 3.02. The summed E-state index contributed by atoms with van der Waals surface area (Å²) in [5.74, 6) is -1.29. The minimum atomic E-state index is -0.961. The molecular formula is C15H16N2O4. The van der Waals surface area contributed by atoms with E-state index in [2.05, 4.69) is 10.3 Å². The number of hydrogen-bond donors (Lipinski definition) is 2. The van der Waals surface area contributed by atoms with E-state index in [0.717, 1.165) is 5.56 Å². The Kier molecular flexibility index (Phi) is 4.37. The highest BCUT2D eigenvalue weighted by atomic mass is 16.4. The van der Waals surface area contributed by atoms with Gasteiger partial charge in [-0.3, -0.25) is 9.59 Å². The number of hydrogen-bond acceptors (Lipinski definition) is 4. The number of carbonyl (C=O) groups excluding carboxylic acids is 1. The highest BCUT2D eigenvalue weighted by Gasteiger charge is 2.19. The van der Waals surface area contributed by atoms with Crippen LogP contribution < -0.4 is 5.32 Å². The van der Waals surface area contributed by atoms with Crippen molar-refractivity contribution >= 4 is 11.9 Å². The Hall–Kier alpha value is -2.63. The molecule has 0 aliphatic rings. The quantitative estimate of drug-likeness (QED) is 0.879. The minimum absolute atomic E-state index is 0.0428. The first-order chi connectivity index (χ1) is 9.99. The molecule has 2 aromatic rings. The van der Waals surface area contributed by atoms with Crippen LogP contribution in [-0.2, 0) is 4.79 Å². The fraction of sp³-hybridized carbons (Fsp3) is 0.267. The van der Waals surface area contributed by atoms with E-state index in [4.69, 9.17) is 9.52 Å². The van der Waals surface area contributed by atoms with Gasteiger partial charge in [0.2, 0.25) is 5.89 Å². The van der Waals surface area contributed by atoms with Gasteiger partial charge < -0.3 is 14.8 Å². The number of nitrogens with zero attached hydrogens (tertiary/aromatic N) is 1. The molecule has 2 N–H and O–H groups in total. The number of carboxylic acid groups (broad SMARTS) is 1. The molecule has 0 fully saturated rings. The number of aliphatic carboxylic acids is 1. The lowest BCUT2D eigenvalue weighted by Gasteiger charge is -2.06.